The molecule has 1 N–H and O–H groups in total. The number of esters is 1. The second-order valence-electron chi connectivity index (χ2n) is 2.63. The summed E-state index contributed by atoms with van der Waals surface area (Å²) >= 11 is 0. The Labute approximate surface area is 91.8 Å². The predicted molar refractivity (Wildman–Crippen MR) is 59.4 cm³/mol. The second-order valence-corrected chi connectivity index (χ2v) is 4.04. The fraction of sp³-hybridized carbons (Fsp3) is 0.556. The van der Waals surface area contributed by atoms with Gasteiger partial charge in [-0.05, 0) is 6.92 Å². The van der Waals surface area contributed by atoms with Crippen LogP contribution in [0.2, 0.25) is 6.55 Å². The predicted octanol–water partition coefficient (Wildman–Crippen LogP) is 0.198. The topological polar surface area (TPSA) is 76.5 Å². The van der Waals surface area contributed by atoms with Gasteiger partial charge in [0.1, 0.15) is 6.61 Å². The van der Waals surface area contributed by atoms with Crippen LogP contribution in [0, 0.1) is 5.41 Å². The summed E-state index contributed by atoms with van der Waals surface area (Å²) in [4.78, 5) is 19.2. The molecule has 86 valence electrons. The number of hydrogen-bond donors (Lipinski definition) is 1. The Bertz CT molecular complexity index is 224. The van der Waals surface area contributed by atoms with Crippen molar-refractivity contribution in [3.8, 4) is 0 Å². The minimum atomic E-state index is -0.340. The van der Waals surface area contributed by atoms with Gasteiger partial charge in [-0.3, -0.25) is 0 Å². The van der Waals surface area contributed by atoms with E-state index in [4.69, 9.17) is 19.7 Å². The third-order valence-corrected chi connectivity index (χ3v) is 1.85. The van der Waals surface area contributed by atoms with Gasteiger partial charge in [0.25, 0.3) is 0 Å². The van der Waals surface area contributed by atoms with Gasteiger partial charge in [-0.15, -0.1) is 0 Å². The lowest BCUT2D eigenvalue weighted by Gasteiger charge is -2.04. The number of isocyanates is 1. The molecule has 0 saturated carbocycles. The lowest BCUT2D eigenvalue weighted by molar-refractivity contribution is -0.140. The van der Waals surface area contributed by atoms with Gasteiger partial charge < -0.3 is 9.47 Å². The van der Waals surface area contributed by atoms with Crippen molar-refractivity contribution in [2.75, 3.05) is 19.4 Å². The van der Waals surface area contributed by atoms with Crippen LogP contribution in [-0.4, -0.2) is 41.0 Å². The molecule has 0 amide bonds. The zero-order chi connectivity index (χ0) is 12.1. The molecule has 0 aromatic heterocycles. The maximum atomic E-state index is 10.8. The first-order valence-corrected chi connectivity index (χ1v) is 6.95. The lowest BCUT2D eigenvalue weighted by atomic mass is 10.4. The van der Waals surface area contributed by atoms with Gasteiger partial charge in [0.15, 0.2) is 0 Å². The van der Waals surface area contributed by atoms with Crippen molar-refractivity contribution in [1.29, 1.82) is 5.41 Å². The van der Waals surface area contributed by atoms with Crippen molar-refractivity contribution in [2.45, 2.75) is 13.5 Å². The van der Waals surface area contributed by atoms with E-state index in [9.17, 15) is 4.79 Å². The first kappa shape index (κ1) is 16.2. The summed E-state index contributed by atoms with van der Waals surface area (Å²) in [5, 5.41) is 5.40. The largest absolute Gasteiger partial charge is 0.460 e. The van der Waals surface area contributed by atoms with Crippen molar-refractivity contribution in [2.24, 2.45) is 0 Å². The third-order valence-electron chi connectivity index (χ3n) is 1.16. The minimum absolute atomic E-state index is 0.0293. The van der Waals surface area contributed by atoms with Crippen LogP contribution in [0.3, 0.4) is 0 Å². The monoisotopic (exact) mass is 231 g/mol. The van der Waals surface area contributed by atoms with Crippen molar-refractivity contribution in [1.82, 2.24) is 0 Å². The average Bonchev–Trinajstić information content (AvgIpc) is 2.18. The standard InChI is InChI=1S/C8H16O3Si.CHNO/c1-7(2)8(9)11-5-4-10-6-12-3;2-1-3/h1,4-6,12H2,2-3H3;2H. The normalized spacial score (nSPS) is 8.93. The second kappa shape index (κ2) is 12.8. The van der Waals surface area contributed by atoms with Crippen molar-refractivity contribution >= 4 is 21.6 Å². The molecule has 0 spiro atoms. The molecule has 0 unspecified atom stereocenters. The van der Waals surface area contributed by atoms with E-state index in [1.807, 2.05) is 0 Å². The molecule has 0 aliphatic rings. The first-order valence-electron chi connectivity index (χ1n) is 4.54. The van der Waals surface area contributed by atoms with E-state index in [1.165, 1.54) is 0 Å². The molecule has 0 rings (SSSR count). The highest BCUT2D eigenvalue weighted by Gasteiger charge is 2.01. The van der Waals surface area contributed by atoms with E-state index in [0.717, 1.165) is 12.3 Å². The summed E-state index contributed by atoms with van der Waals surface area (Å²) < 4.78 is 9.97. The summed E-state index contributed by atoms with van der Waals surface area (Å²) in [6.07, 6.45) is 1.60. The number of rotatable bonds is 6. The number of carbonyl (C=O) groups is 1. The molecule has 0 aliphatic heterocycles. The number of ether oxygens (including phenoxy) is 2. The Balaban J connectivity index is 0. The molecule has 0 heterocycles. The number of carbonyl (C=O) groups excluding carboxylic acids is 2. The van der Waals surface area contributed by atoms with Crippen LogP contribution in [0.5, 0.6) is 0 Å². The summed E-state index contributed by atoms with van der Waals surface area (Å²) in [5.74, 6) is -0.340. The Morgan fingerprint density at radius 3 is 2.47 bits per heavy atom. The van der Waals surface area contributed by atoms with Crippen LogP contribution in [0.15, 0.2) is 12.2 Å². The van der Waals surface area contributed by atoms with E-state index < -0.39 is 0 Å². The Morgan fingerprint density at radius 1 is 1.53 bits per heavy atom. The Kier molecular flexibility index (Phi) is 13.8. The number of nitrogens with one attached hydrogen (secondary N) is 1. The molecule has 0 aromatic rings. The van der Waals surface area contributed by atoms with Crippen LogP contribution >= 0.6 is 0 Å². The van der Waals surface area contributed by atoms with E-state index in [1.54, 1.807) is 6.92 Å². The van der Waals surface area contributed by atoms with Gasteiger partial charge in [0.05, 0.1) is 6.61 Å². The quantitative estimate of drug-likeness (QED) is 0.177. The van der Waals surface area contributed by atoms with Crippen molar-refractivity contribution in [3.05, 3.63) is 12.2 Å². The molecular formula is C9H17NO4Si. The molecule has 0 fully saturated rings. The van der Waals surface area contributed by atoms with E-state index >= 15 is 0 Å². The minimum Gasteiger partial charge on any atom is -0.460 e. The SMILES string of the molecule is C=C(C)C(=O)OCCOC[SiH2]C.N=C=O. The maximum Gasteiger partial charge on any atom is 0.333 e. The molecule has 15 heavy (non-hydrogen) atoms. The molecule has 0 aromatic carbocycles. The van der Waals surface area contributed by atoms with E-state index in [-0.39, 0.29) is 15.5 Å². The molecule has 0 atom stereocenters. The van der Waals surface area contributed by atoms with Crippen molar-refractivity contribution in [3.63, 3.8) is 0 Å². The molecule has 6 heteroatoms. The molecule has 0 aliphatic carbocycles. The fourth-order valence-electron chi connectivity index (χ4n) is 0.563. The van der Waals surface area contributed by atoms with E-state index in [2.05, 4.69) is 13.1 Å². The molecule has 0 radical (unpaired) electrons. The zero-order valence-electron chi connectivity index (χ0n) is 9.17. The highest BCUT2D eigenvalue weighted by molar-refractivity contribution is 6.33. The number of hydrogen-bond acceptors (Lipinski definition) is 5. The maximum absolute atomic E-state index is 10.8. The summed E-state index contributed by atoms with van der Waals surface area (Å²) in [6, 6.07) is 0. The highest BCUT2D eigenvalue weighted by Crippen LogP contribution is 1.91. The Hall–Kier alpha value is -1.23. The highest BCUT2D eigenvalue weighted by atomic mass is 28.2. The third kappa shape index (κ3) is 15.5. The van der Waals surface area contributed by atoms with Crippen LogP contribution in [-0.2, 0) is 19.1 Å². The van der Waals surface area contributed by atoms with Crippen LogP contribution in [0.25, 0.3) is 0 Å². The van der Waals surface area contributed by atoms with Gasteiger partial charge in [0.2, 0.25) is 6.08 Å². The molecule has 5 nitrogen and oxygen atoms in total. The fourth-order valence-corrected chi connectivity index (χ4v) is 1.06. The van der Waals surface area contributed by atoms with Crippen LogP contribution < -0.4 is 0 Å². The van der Waals surface area contributed by atoms with Gasteiger partial charge in [-0.2, -0.15) is 0 Å². The van der Waals surface area contributed by atoms with Gasteiger partial charge in [-0.1, -0.05) is 13.1 Å². The Morgan fingerprint density at radius 2 is 2.07 bits per heavy atom. The smallest absolute Gasteiger partial charge is 0.333 e. The van der Waals surface area contributed by atoms with Gasteiger partial charge >= 0.3 is 5.97 Å². The summed E-state index contributed by atoms with van der Waals surface area (Å²) in [5.41, 5.74) is 0.430. The van der Waals surface area contributed by atoms with Gasteiger partial charge in [-0.25, -0.2) is 15.0 Å². The van der Waals surface area contributed by atoms with Crippen molar-refractivity contribution < 1.29 is 19.1 Å². The lowest BCUT2D eigenvalue weighted by Crippen LogP contribution is -2.12. The first-order chi connectivity index (χ1) is 7.09. The van der Waals surface area contributed by atoms with Gasteiger partial charge in [0, 0.05) is 21.3 Å². The average molecular weight is 231 g/mol. The van der Waals surface area contributed by atoms with Crippen LogP contribution in [0.4, 0.5) is 0 Å². The summed E-state index contributed by atoms with van der Waals surface area (Å²) in [6.45, 7) is 8.09. The van der Waals surface area contributed by atoms with E-state index in [0.29, 0.717) is 18.8 Å². The molecule has 0 bridgehead atoms. The molecule has 0 saturated heterocycles. The molecular weight excluding hydrogens is 214 g/mol. The van der Waals surface area contributed by atoms with Crippen LogP contribution in [0.1, 0.15) is 6.92 Å². The summed E-state index contributed by atoms with van der Waals surface area (Å²) in [7, 11) is -0.0293. The zero-order valence-corrected chi connectivity index (χ0v) is 10.6.